The highest BCUT2D eigenvalue weighted by Crippen LogP contribution is 2.44. The highest BCUT2D eigenvalue weighted by atomic mass is 35.5. The number of halogens is 1. The SMILES string of the molecule is Oc1ccc(N2c3ccc(Cl)cc3CCC2c2ccccc2)cc1. The molecule has 0 saturated heterocycles. The summed E-state index contributed by atoms with van der Waals surface area (Å²) in [6, 6.07) is 24.4. The van der Waals surface area contributed by atoms with Crippen molar-refractivity contribution < 1.29 is 5.11 Å². The molecule has 3 aromatic carbocycles. The third-order valence-corrected chi connectivity index (χ3v) is 4.85. The molecule has 1 unspecified atom stereocenters. The zero-order chi connectivity index (χ0) is 16.5. The third-order valence-electron chi connectivity index (χ3n) is 4.61. The quantitative estimate of drug-likeness (QED) is 0.633. The summed E-state index contributed by atoms with van der Waals surface area (Å²) in [7, 11) is 0. The molecule has 3 aromatic rings. The molecule has 0 saturated carbocycles. The fraction of sp³-hybridized carbons (Fsp3) is 0.143. The molecule has 0 radical (unpaired) electrons. The van der Waals surface area contributed by atoms with Crippen molar-refractivity contribution in [3.63, 3.8) is 0 Å². The van der Waals surface area contributed by atoms with Crippen LogP contribution in [-0.4, -0.2) is 5.11 Å². The van der Waals surface area contributed by atoms with Crippen molar-refractivity contribution in [2.75, 3.05) is 4.90 Å². The molecule has 0 amide bonds. The Bertz CT molecular complexity index is 845. The summed E-state index contributed by atoms with van der Waals surface area (Å²) < 4.78 is 0. The number of phenols is 1. The summed E-state index contributed by atoms with van der Waals surface area (Å²) >= 11 is 6.19. The molecular weight excluding hydrogens is 318 g/mol. The maximum atomic E-state index is 9.63. The first kappa shape index (κ1) is 15.1. The van der Waals surface area contributed by atoms with E-state index in [1.165, 1.54) is 16.8 Å². The number of aryl methyl sites for hydroxylation is 1. The molecule has 1 atom stereocenters. The van der Waals surface area contributed by atoms with Crippen molar-refractivity contribution in [1.29, 1.82) is 0 Å². The molecule has 24 heavy (non-hydrogen) atoms. The van der Waals surface area contributed by atoms with Crippen LogP contribution in [0.1, 0.15) is 23.6 Å². The van der Waals surface area contributed by atoms with E-state index < -0.39 is 0 Å². The lowest BCUT2D eigenvalue weighted by atomic mass is 9.90. The molecule has 3 heteroatoms. The molecule has 0 bridgehead atoms. The Morgan fingerprint density at radius 2 is 1.67 bits per heavy atom. The van der Waals surface area contributed by atoms with Gasteiger partial charge in [-0.15, -0.1) is 0 Å². The number of hydrogen-bond acceptors (Lipinski definition) is 2. The first-order chi connectivity index (χ1) is 11.7. The number of rotatable bonds is 2. The minimum atomic E-state index is 0.268. The van der Waals surface area contributed by atoms with Crippen molar-refractivity contribution in [3.8, 4) is 5.75 Å². The summed E-state index contributed by atoms with van der Waals surface area (Å²) in [5, 5.41) is 10.4. The molecule has 0 aromatic heterocycles. The number of aromatic hydroxyl groups is 1. The van der Waals surface area contributed by atoms with Crippen LogP contribution in [0.2, 0.25) is 5.02 Å². The standard InChI is InChI=1S/C21H18ClNO/c22-17-7-13-21-16(14-17)6-12-20(15-4-2-1-3-5-15)23(21)18-8-10-19(24)11-9-18/h1-5,7-11,13-14,20,24H,6,12H2. The average Bonchev–Trinajstić information content (AvgIpc) is 2.62. The zero-order valence-corrected chi connectivity index (χ0v) is 13.9. The summed E-state index contributed by atoms with van der Waals surface area (Å²) in [5.74, 6) is 0.281. The van der Waals surface area contributed by atoms with E-state index in [4.69, 9.17) is 11.6 Å². The molecule has 0 fully saturated rings. The van der Waals surface area contributed by atoms with Crippen molar-refractivity contribution in [2.24, 2.45) is 0 Å². The Labute approximate surface area is 146 Å². The van der Waals surface area contributed by atoms with Gasteiger partial charge >= 0.3 is 0 Å². The number of phenolic OH excluding ortho intramolecular Hbond substituents is 1. The van der Waals surface area contributed by atoms with Gasteiger partial charge in [-0.25, -0.2) is 0 Å². The van der Waals surface area contributed by atoms with Crippen molar-refractivity contribution in [2.45, 2.75) is 18.9 Å². The molecule has 0 spiro atoms. The number of fused-ring (bicyclic) bond motifs is 1. The van der Waals surface area contributed by atoms with E-state index in [9.17, 15) is 5.11 Å². The van der Waals surface area contributed by atoms with Crippen molar-refractivity contribution >= 4 is 23.0 Å². The number of hydrogen-bond donors (Lipinski definition) is 1. The first-order valence-corrected chi connectivity index (χ1v) is 8.52. The van der Waals surface area contributed by atoms with Crippen molar-refractivity contribution in [3.05, 3.63) is 88.9 Å². The third kappa shape index (κ3) is 2.74. The van der Waals surface area contributed by atoms with Gasteiger partial charge < -0.3 is 10.0 Å². The van der Waals surface area contributed by atoms with E-state index in [-0.39, 0.29) is 11.8 Å². The van der Waals surface area contributed by atoms with E-state index in [2.05, 4.69) is 41.3 Å². The smallest absolute Gasteiger partial charge is 0.115 e. The van der Waals surface area contributed by atoms with Crippen LogP contribution in [0.15, 0.2) is 72.8 Å². The van der Waals surface area contributed by atoms with Gasteiger partial charge in [-0.3, -0.25) is 0 Å². The normalized spacial score (nSPS) is 16.7. The topological polar surface area (TPSA) is 23.5 Å². The minimum absolute atomic E-state index is 0.268. The van der Waals surface area contributed by atoms with Crippen LogP contribution in [0, 0.1) is 0 Å². The van der Waals surface area contributed by atoms with Gasteiger partial charge in [-0.2, -0.15) is 0 Å². The monoisotopic (exact) mass is 335 g/mol. The predicted molar refractivity (Wildman–Crippen MR) is 99.2 cm³/mol. The van der Waals surface area contributed by atoms with Gasteiger partial charge in [0, 0.05) is 16.4 Å². The van der Waals surface area contributed by atoms with Gasteiger partial charge in [0.1, 0.15) is 5.75 Å². The maximum absolute atomic E-state index is 9.63. The summed E-state index contributed by atoms with van der Waals surface area (Å²) in [5.41, 5.74) is 4.82. The fourth-order valence-electron chi connectivity index (χ4n) is 3.50. The molecule has 1 aliphatic heterocycles. The van der Waals surface area contributed by atoms with Crippen LogP contribution < -0.4 is 4.90 Å². The van der Waals surface area contributed by atoms with E-state index in [0.29, 0.717) is 0 Å². The Morgan fingerprint density at radius 1 is 0.917 bits per heavy atom. The second kappa shape index (κ2) is 6.21. The van der Waals surface area contributed by atoms with Crippen LogP contribution in [0.3, 0.4) is 0 Å². The van der Waals surface area contributed by atoms with Crippen molar-refractivity contribution in [1.82, 2.24) is 0 Å². The second-order valence-corrected chi connectivity index (χ2v) is 6.56. The van der Waals surface area contributed by atoms with E-state index >= 15 is 0 Å². The van der Waals surface area contributed by atoms with E-state index in [1.807, 2.05) is 24.3 Å². The van der Waals surface area contributed by atoms with E-state index in [0.717, 1.165) is 23.6 Å². The van der Waals surface area contributed by atoms with E-state index in [1.54, 1.807) is 12.1 Å². The summed E-state index contributed by atoms with van der Waals surface area (Å²) in [6.07, 6.45) is 2.03. The molecular formula is C21H18ClNO. The first-order valence-electron chi connectivity index (χ1n) is 8.14. The highest BCUT2D eigenvalue weighted by Gasteiger charge is 2.28. The lowest BCUT2D eigenvalue weighted by Crippen LogP contribution is -2.29. The molecule has 1 heterocycles. The van der Waals surface area contributed by atoms with Crippen LogP contribution in [0.5, 0.6) is 5.75 Å². The number of nitrogens with zero attached hydrogens (tertiary/aromatic N) is 1. The molecule has 120 valence electrons. The number of benzene rings is 3. The van der Waals surface area contributed by atoms with Gasteiger partial charge in [-0.05, 0) is 66.4 Å². The van der Waals surface area contributed by atoms with Crippen LogP contribution in [0.4, 0.5) is 11.4 Å². The Hall–Kier alpha value is -2.45. The highest BCUT2D eigenvalue weighted by molar-refractivity contribution is 6.30. The fourth-order valence-corrected chi connectivity index (χ4v) is 3.70. The Balaban J connectivity index is 1.86. The summed E-state index contributed by atoms with van der Waals surface area (Å²) in [4.78, 5) is 2.35. The maximum Gasteiger partial charge on any atom is 0.115 e. The minimum Gasteiger partial charge on any atom is -0.508 e. The Morgan fingerprint density at radius 3 is 2.42 bits per heavy atom. The van der Waals surface area contributed by atoms with Crippen LogP contribution in [0.25, 0.3) is 0 Å². The second-order valence-electron chi connectivity index (χ2n) is 6.12. The summed E-state index contributed by atoms with van der Waals surface area (Å²) in [6.45, 7) is 0. The molecule has 1 aliphatic rings. The van der Waals surface area contributed by atoms with Gasteiger partial charge in [0.25, 0.3) is 0 Å². The van der Waals surface area contributed by atoms with Gasteiger partial charge in [0.05, 0.1) is 6.04 Å². The molecule has 0 aliphatic carbocycles. The van der Waals surface area contributed by atoms with Gasteiger partial charge in [0.15, 0.2) is 0 Å². The molecule has 2 nitrogen and oxygen atoms in total. The lowest BCUT2D eigenvalue weighted by molar-refractivity contribution is 0.475. The number of anilines is 2. The predicted octanol–water partition coefficient (Wildman–Crippen LogP) is 5.87. The molecule has 4 rings (SSSR count). The van der Waals surface area contributed by atoms with Gasteiger partial charge in [0.2, 0.25) is 0 Å². The van der Waals surface area contributed by atoms with Crippen LogP contribution in [-0.2, 0) is 6.42 Å². The Kier molecular flexibility index (Phi) is 3.91. The zero-order valence-electron chi connectivity index (χ0n) is 13.2. The van der Waals surface area contributed by atoms with Crippen LogP contribution >= 0.6 is 11.6 Å². The largest absolute Gasteiger partial charge is 0.508 e. The molecule has 1 N–H and O–H groups in total. The van der Waals surface area contributed by atoms with Gasteiger partial charge in [-0.1, -0.05) is 41.9 Å². The lowest BCUT2D eigenvalue weighted by Gasteiger charge is -2.39. The average molecular weight is 336 g/mol.